The summed E-state index contributed by atoms with van der Waals surface area (Å²) in [6.45, 7) is 26.7. The minimum atomic E-state index is -0.461. The van der Waals surface area contributed by atoms with Crippen molar-refractivity contribution in [1.29, 1.82) is 0 Å². The molecule has 0 aliphatic heterocycles. The summed E-state index contributed by atoms with van der Waals surface area (Å²) in [5.74, 6) is 2.06. The summed E-state index contributed by atoms with van der Waals surface area (Å²) >= 11 is 2.49. The van der Waals surface area contributed by atoms with Crippen LogP contribution >= 0.6 is 0 Å². The second-order valence-electron chi connectivity index (χ2n) is 29.3. The van der Waals surface area contributed by atoms with E-state index in [2.05, 4.69) is 345 Å². The van der Waals surface area contributed by atoms with Crippen molar-refractivity contribution in [3.63, 3.8) is 0 Å². The third-order valence-electron chi connectivity index (χ3n) is 18.7. The molecule has 4 aromatic heterocycles. The summed E-state index contributed by atoms with van der Waals surface area (Å²) in [6, 6.07) is 78.2. The van der Waals surface area contributed by atoms with Crippen molar-refractivity contribution in [1.82, 2.24) is 23.1 Å². The Morgan fingerprint density at radius 2 is 0.863 bits per heavy atom. The quantitative estimate of drug-likeness (QED) is 0.145. The van der Waals surface area contributed by atoms with E-state index in [0.29, 0.717) is 22.7 Å². The Kier molecular flexibility index (Phi) is 13.6. The molecular weight excluding hydrogens is 1340 g/mol. The maximum absolute atomic E-state index is 9.91. The van der Waals surface area contributed by atoms with Crippen molar-refractivity contribution in [3.05, 3.63) is 287 Å². The van der Waals surface area contributed by atoms with E-state index in [1.54, 1.807) is 0 Å². The number of nitrogens with zero attached hydrogens (tertiary/aromatic N) is 5. The number of fused-ring (bicyclic) bond motifs is 7. The van der Waals surface area contributed by atoms with Gasteiger partial charge in [0.15, 0.2) is 0 Å². The van der Waals surface area contributed by atoms with Gasteiger partial charge in [-0.05, 0) is 17.0 Å². The van der Waals surface area contributed by atoms with Crippen LogP contribution < -0.4 is 4.74 Å². The average Bonchev–Trinajstić information content (AvgIpc) is 1.53. The number of aromatic nitrogens is 5. The summed E-state index contributed by atoms with van der Waals surface area (Å²) in [5, 5.41) is 4.13. The molecule has 472 valence electrons. The van der Waals surface area contributed by atoms with Gasteiger partial charge < -0.3 is 0 Å². The monoisotopic (exact) mass is 1420 g/mol. The number of para-hydroxylation sites is 3. The standard InChI is InChI=1S/C88H79N5O.Pt/c1-85(2,3)63-43-44-89-82(53-63)93-77-37-25-22-33-70(77)72-41-39-68(54-80(72)93)94-69-40-42-78-81(55-69)91-56-90(83-74(59-31-20-15-21-32-59)51-66(88(10,11)12)52-75(83)62-46-64(86(4,5)6)50-65(47-62)87(7,8)9)79-38-26-35-73(84(79)91)71-34-23-24-36-76(71)92(78)67-48-60(57-27-16-13-17-28-57)45-61(49-67)58-29-18-14-19-30-58;/h13-55H,1-12H3;/i15D,20D,21D,31D,32D;. The molecule has 0 aliphatic rings. The van der Waals surface area contributed by atoms with Crippen LogP contribution in [0.25, 0.3) is 122 Å². The molecule has 7 heteroatoms. The Balaban J connectivity index is 1.11. The second-order valence-corrected chi connectivity index (χ2v) is 30.4. The van der Waals surface area contributed by atoms with Crippen molar-refractivity contribution in [2.75, 3.05) is 0 Å². The molecule has 6 nitrogen and oxygen atoms in total. The van der Waals surface area contributed by atoms with Crippen molar-refractivity contribution in [2.45, 2.75) is 105 Å². The third-order valence-corrected chi connectivity index (χ3v) is 19.8. The van der Waals surface area contributed by atoms with Crippen LogP contribution in [-0.2, 0) is 41.0 Å². The molecule has 15 rings (SSSR count). The van der Waals surface area contributed by atoms with Crippen LogP contribution in [0.3, 0.4) is 0 Å². The first kappa shape index (κ1) is 55.6. The van der Waals surface area contributed by atoms with Gasteiger partial charge in [0.2, 0.25) is 0 Å². The van der Waals surface area contributed by atoms with Crippen molar-refractivity contribution >= 4 is 60.2 Å². The van der Waals surface area contributed by atoms with Crippen LogP contribution in [-0.4, -0.2) is 23.1 Å². The van der Waals surface area contributed by atoms with Gasteiger partial charge in [-0.3, -0.25) is 0 Å². The number of ether oxygens (including phenoxy) is 1. The van der Waals surface area contributed by atoms with E-state index in [0.717, 1.165) is 126 Å². The zero-order valence-corrected chi connectivity index (χ0v) is 58.2. The fourth-order valence-electron chi connectivity index (χ4n) is 13.6. The number of pyridine rings is 1. The van der Waals surface area contributed by atoms with Crippen LogP contribution in [0.4, 0.5) is 0 Å². The molecule has 0 amide bonds. The van der Waals surface area contributed by atoms with E-state index in [9.17, 15) is 5.48 Å². The molecule has 0 aliphatic carbocycles. The van der Waals surface area contributed by atoms with Crippen LogP contribution in [0.5, 0.6) is 11.5 Å². The van der Waals surface area contributed by atoms with Crippen LogP contribution in [0.15, 0.2) is 261 Å². The van der Waals surface area contributed by atoms with E-state index in [1.165, 1.54) is 5.56 Å². The van der Waals surface area contributed by atoms with Gasteiger partial charge in [-0.1, -0.05) is 32.9 Å². The van der Waals surface area contributed by atoms with E-state index >= 15 is 0 Å². The second kappa shape index (κ2) is 23.2. The number of hydrogen-bond acceptors (Lipinski definition) is 2. The minimum absolute atomic E-state index is 0.107. The molecule has 0 N–H and O–H groups in total. The van der Waals surface area contributed by atoms with E-state index in [1.807, 2.05) is 6.20 Å². The molecule has 0 atom stereocenters. The molecular formula is C88H79N5OPt. The molecule has 0 bridgehead atoms. The Morgan fingerprint density at radius 3 is 1.47 bits per heavy atom. The van der Waals surface area contributed by atoms with Gasteiger partial charge in [0, 0.05) is 6.20 Å². The molecule has 0 fully saturated rings. The number of rotatable bonds is 9. The zero-order chi connectivity index (χ0) is 70.2. The van der Waals surface area contributed by atoms with Crippen molar-refractivity contribution < 1.29 is 30.9 Å². The number of imidazole rings is 1. The van der Waals surface area contributed by atoms with Crippen LogP contribution in [0.1, 0.15) is 112 Å². The molecule has 0 saturated carbocycles. The molecule has 0 radical (unpaired) electrons. The van der Waals surface area contributed by atoms with Gasteiger partial charge in [0.05, 0.1) is 0 Å². The summed E-state index contributed by atoms with van der Waals surface area (Å²) < 4.78 is 64.8. The maximum atomic E-state index is 9.91. The third kappa shape index (κ3) is 11.1. The van der Waals surface area contributed by atoms with Crippen LogP contribution in [0.2, 0.25) is 0 Å². The van der Waals surface area contributed by atoms with Gasteiger partial charge in [-0.2, -0.15) is 0 Å². The molecule has 11 aromatic carbocycles. The Bertz CT molecular complexity index is 5830. The predicted molar refractivity (Wildman–Crippen MR) is 396 cm³/mol. The van der Waals surface area contributed by atoms with Gasteiger partial charge in [-0.15, -0.1) is 0 Å². The van der Waals surface area contributed by atoms with E-state index < -0.39 is 23.5 Å². The first-order chi connectivity index (χ1) is 47.6. The molecule has 0 unspecified atom stereocenters. The van der Waals surface area contributed by atoms with Gasteiger partial charge in [0.1, 0.15) is 0 Å². The molecule has 4 heterocycles. The molecule has 15 aromatic rings. The first-order valence-electron chi connectivity index (χ1n) is 35.2. The molecule has 0 saturated heterocycles. The van der Waals surface area contributed by atoms with Gasteiger partial charge >= 0.3 is 523 Å². The van der Waals surface area contributed by atoms with Gasteiger partial charge in [0.25, 0.3) is 0 Å². The SMILES string of the molecule is [2H]c1c([2H])c([2H])c(-c2cc(C(C)(C)C)cc(-c3cc(C(C)(C)C)cc(C(C)(C)C)c3)c2-n2[c](=[Pt])n3c4cc(Oc5ccc6c7ccccc7n(-c7cc(C(C)(C)C)ccn7)c6c5)ccc4n(-c4cc(-c5ccccc5)cc(-c5ccccc5)c4)c4ccccc4c4cccc2c43)c([2H])c1[2H]. The Labute approximate surface area is 575 Å². The fraction of sp³-hybridized carbons (Fsp3) is 0.182. The topological polar surface area (TPSA) is 41.3 Å². The molecule has 95 heavy (non-hydrogen) atoms. The fourth-order valence-corrected chi connectivity index (χ4v) is 14.6. The van der Waals surface area contributed by atoms with E-state index in [4.69, 9.17) is 11.1 Å². The number of benzene rings is 11. The van der Waals surface area contributed by atoms with Crippen molar-refractivity contribution in [3.8, 4) is 73.2 Å². The summed E-state index contributed by atoms with van der Waals surface area (Å²) in [6.07, 6.45) is 1.91. The van der Waals surface area contributed by atoms with Crippen molar-refractivity contribution in [2.24, 2.45) is 0 Å². The normalized spacial score (nSPS) is 13.2. The van der Waals surface area contributed by atoms with Gasteiger partial charge in [-0.25, -0.2) is 0 Å². The summed E-state index contributed by atoms with van der Waals surface area (Å²) in [5.41, 5.74) is 18.0. The average molecular weight is 1420 g/mol. The van der Waals surface area contributed by atoms with E-state index in [-0.39, 0.29) is 33.9 Å². The zero-order valence-electron chi connectivity index (χ0n) is 60.9. The Hall–Kier alpha value is -9.87. The molecule has 0 spiro atoms. The summed E-state index contributed by atoms with van der Waals surface area (Å²) in [4.78, 5) is 5.01. The Morgan fingerprint density at radius 1 is 0.358 bits per heavy atom. The first-order valence-corrected chi connectivity index (χ1v) is 33.9. The summed E-state index contributed by atoms with van der Waals surface area (Å²) in [7, 11) is 0. The number of hydrogen-bond donors (Lipinski definition) is 0. The predicted octanol–water partition coefficient (Wildman–Crippen LogP) is 23.8. The van der Waals surface area contributed by atoms with Crippen LogP contribution in [0, 0.1) is 3.80 Å².